The van der Waals surface area contributed by atoms with Crippen LogP contribution in [0.15, 0.2) is 41.3 Å². The first-order chi connectivity index (χ1) is 10.7. The summed E-state index contributed by atoms with van der Waals surface area (Å²) in [6, 6.07) is 7.50. The first-order valence-electron chi connectivity index (χ1n) is 6.05. The molecule has 0 unspecified atom stereocenters. The molecule has 23 heavy (non-hydrogen) atoms. The first-order valence-corrected chi connectivity index (χ1v) is 8.22. The maximum atomic E-state index is 12.3. The highest BCUT2D eigenvalue weighted by atomic mass is 35.5. The number of carboxylic acids is 1. The van der Waals surface area contributed by atoms with Crippen molar-refractivity contribution in [2.75, 3.05) is 7.11 Å². The Morgan fingerprint density at radius 3 is 2.26 bits per heavy atom. The zero-order valence-electron chi connectivity index (χ0n) is 11.6. The minimum absolute atomic E-state index is 0.118. The lowest BCUT2D eigenvalue weighted by atomic mass is 10.2. The van der Waals surface area contributed by atoms with E-state index in [2.05, 4.69) is 0 Å². The maximum Gasteiger partial charge on any atom is 0.339 e. The third kappa shape index (κ3) is 3.87. The van der Waals surface area contributed by atoms with Crippen molar-refractivity contribution in [2.45, 2.75) is 4.90 Å². The summed E-state index contributed by atoms with van der Waals surface area (Å²) in [5, 5.41) is 9.13. The molecule has 2 aromatic carbocycles. The summed E-state index contributed by atoms with van der Waals surface area (Å²) in [5.74, 6) is -1.65. The summed E-state index contributed by atoms with van der Waals surface area (Å²) < 4.78 is 34.5. The summed E-state index contributed by atoms with van der Waals surface area (Å²) in [5.41, 5.74) is -0.164. The van der Waals surface area contributed by atoms with Gasteiger partial charge in [-0.15, -0.1) is 0 Å². The van der Waals surface area contributed by atoms with Crippen molar-refractivity contribution in [1.29, 1.82) is 0 Å². The number of carboxylic acid groups (broad SMARTS) is 1. The fraction of sp³-hybridized carbons (Fsp3) is 0.0714. The van der Waals surface area contributed by atoms with Gasteiger partial charge < -0.3 is 14.0 Å². The van der Waals surface area contributed by atoms with Crippen LogP contribution in [0.2, 0.25) is 10.0 Å². The minimum Gasteiger partial charge on any atom is -0.493 e. The predicted molar refractivity (Wildman–Crippen MR) is 84.2 cm³/mol. The van der Waals surface area contributed by atoms with E-state index >= 15 is 0 Å². The molecule has 1 N–H and O–H groups in total. The van der Waals surface area contributed by atoms with Crippen LogP contribution in [0.5, 0.6) is 11.5 Å². The van der Waals surface area contributed by atoms with E-state index < -0.39 is 16.1 Å². The number of benzene rings is 2. The Labute approximate surface area is 142 Å². The molecule has 0 heterocycles. The first kappa shape index (κ1) is 17.4. The summed E-state index contributed by atoms with van der Waals surface area (Å²) in [6.07, 6.45) is 0. The number of halogens is 2. The average molecular weight is 377 g/mol. The largest absolute Gasteiger partial charge is 0.493 e. The van der Waals surface area contributed by atoms with Crippen molar-refractivity contribution < 1.29 is 27.2 Å². The molecule has 0 bridgehead atoms. The van der Waals surface area contributed by atoms with E-state index in [1.54, 1.807) is 0 Å². The minimum atomic E-state index is -4.19. The molecule has 9 heteroatoms. The van der Waals surface area contributed by atoms with Crippen molar-refractivity contribution in [2.24, 2.45) is 0 Å². The molecule has 2 rings (SSSR count). The zero-order chi connectivity index (χ0) is 17.2. The van der Waals surface area contributed by atoms with Crippen molar-refractivity contribution in [1.82, 2.24) is 0 Å². The van der Waals surface area contributed by atoms with Gasteiger partial charge in [-0.1, -0.05) is 23.2 Å². The number of hydrogen-bond acceptors (Lipinski definition) is 5. The van der Waals surface area contributed by atoms with Crippen molar-refractivity contribution in [3.8, 4) is 11.5 Å². The molecule has 0 saturated heterocycles. The fourth-order valence-corrected chi connectivity index (χ4v) is 3.06. The number of rotatable bonds is 5. The Bertz CT molecular complexity index is 846. The molecule has 0 atom stereocenters. The highest BCUT2D eigenvalue weighted by molar-refractivity contribution is 7.87. The molecular weight excluding hydrogens is 367 g/mol. The quantitative estimate of drug-likeness (QED) is 0.803. The molecule has 0 aliphatic heterocycles. The van der Waals surface area contributed by atoms with Crippen LogP contribution in [0.3, 0.4) is 0 Å². The Hall–Kier alpha value is -1.96. The van der Waals surface area contributed by atoms with Crippen LogP contribution in [-0.2, 0) is 10.1 Å². The van der Waals surface area contributed by atoms with Gasteiger partial charge in [-0.2, -0.15) is 8.42 Å². The zero-order valence-corrected chi connectivity index (χ0v) is 13.9. The van der Waals surface area contributed by atoms with Gasteiger partial charge in [0, 0.05) is 5.02 Å². The van der Waals surface area contributed by atoms with E-state index in [0.29, 0.717) is 5.02 Å². The topological polar surface area (TPSA) is 89.9 Å². The van der Waals surface area contributed by atoms with Gasteiger partial charge >= 0.3 is 16.1 Å². The monoisotopic (exact) mass is 376 g/mol. The Morgan fingerprint density at radius 2 is 1.74 bits per heavy atom. The molecule has 0 aliphatic carbocycles. The van der Waals surface area contributed by atoms with Crippen molar-refractivity contribution >= 4 is 39.3 Å². The third-order valence-corrected chi connectivity index (χ3v) is 4.54. The molecule has 0 aliphatic rings. The van der Waals surface area contributed by atoms with Crippen molar-refractivity contribution in [3.63, 3.8) is 0 Å². The summed E-state index contributed by atoms with van der Waals surface area (Å²) >= 11 is 11.6. The molecule has 0 amide bonds. The predicted octanol–water partition coefficient (Wildman–Crippen LogP) is 3.47. The Kier molecular flexibility index (Phi) is 5.03. The molecule has 0 aromatic heterocycles. The van der Waals surface area contributed by atoms with Gasteiger partial charge in [0.05, 0.1) is 17.7 Å². The van der Waals surface area contributed by atoms with E-state index in [4.69, 9.17) is 37.2 Å². The molecule has 6 nitrogen and oxygen atoms in total. The van der Waals surface area contributed by atoms with E-state index in [1.807, 2.05) is 0 Å². The van der Waals surface area contributed by atoms with Gasteiger partial charge in [-0.3, -0.25) is 0 Å². The number of aromatic carboxylic acids is 1. The smallest absolute Gasteiger partial charge is 0.339 e. The van der Waals surface area contributed by atoms with E-state index in [9.17, 15) is 13.2 Å². The van der Waals surface area contributed by atoms with Gasteiger partial charge in [0.1, 0.15) is 4.90 Å². The van der Waals surface area contributed by atoms with Crippen LogP contribution >= 0.6 is 23.2 Å². The van der Waals surface area contributed by atoms with Crippen LogP contribution < -0.4 is 8.92 Å². The second-order valence-corrected chi connectivity index (χ2v) is 6.68. The molecule has 0 spiro atoms. The molecular formula is C14H10Cl2O6S. The number of ether oxygens (including phenoxy) is 1. The fourth-order valence-electron chi connectivity index (χ4n) is 1.68. The van der Waals surface area contributed by atoms with Gasteiger partial charge in [-0.25, -0.2) is 4.79 Å². The van der Waals surface area contributed by atoms with Gasteiger partial charge in [0.25, 0.3) is 0 Å². The van der Waals surface area contributed by atoms with Crippen LogP contribution in [0, 0.1) is 0 Å². The van der Waals surface area contributed by atoms with Crippen LogP contribution in [0.25, 0.3) is 0 Å². The average Bonchev–Trinajstić information content (AvgIpc) is 2.49. The maximum absolute atomic E-state index is 12.3. The van der Waals surface area contributed by atoms with E-state index in [-0.39, 0.29) is 27.0 Å². The van der Waals surface area contributed by atoms with Crippen LogP contribution in [-0.4, -0.2) is 26.6 Å². The number of methoxy groups -OCH3 is 1. The number of hydrogen-bond donors (Lipinski definition) is 1. The Balaban J connectivity index is 2.46. The third-order valence-electron chi connectivity index (χ3n) is 2.77. The second-order valence-electron chi connectivity index (χ2n) is 4.29. The highest BCUT2D eigenvalue weighted by Gasteiger charge is 2.23. The summed E-state index contributed by atoms with van der Waals surface area (Å²) in [7, 11) is -2.95. The van der Waals surface area contributed by atoms with Gasteiger partial charge in [-0.05, 0) is 36.4 Å². The van der Waals surface area contributed by atoms with Crippen molar-refractivity contribution in [3.05, 3.63) is 52.0 Å². The SMILES string of the molecule is COc1cc(C(=O)O)cc(Cl)c1OS(=O)(=O)c1ccc(Cl)cc1. The van der Waals surface area contributed by atoms with E-state index in [1.165, 1.54) is 31.4 Å². The Morgan fingerprint density at radius 1 is 1.13 bits per heavy atom. The molecule has 2 aromatic rings. The molecule has 0 fully saturated rings. The van der Waals surface area contributed by atoms with Crippen LogP contribution in [0.4, 0.5) is 0 Å². The van der Waals surface area contributed by atoms with Gasteiger partial charge in [0.2, 0.25) is 5.75 Å². The second kappa shape index (κ2) is 6.66. The normalized spacial score (nSPS) is 11.1. The molecule has 122 valence electrons. The molecule has 0 radical (unpaired) electrons. The molecule has 0 saturated carbocycles. The van der Waals surface area contributed by atoms with Crippen LogP contribution in [0.1, 0.15) is 10.4 Å². The van der Waals surface area contributed by atoms with Gasteiger partial charge in [0.15, 0.2) is 5.75 Å². The standard InChI is InChI=1S/C14H10Cl2O6S/c1-21-12-7-8(14(17)18)6-11(16)13(12)22-23(19,20)10-4-2-9(15)3-5-10/h2-7H,1H3,(H,17,18). The summed E-state index contributed by atoms with van der Waals surface area (Å²) in [6.45, 7) is 0. The lowest BCUT2D eigenvalue weighted by molar-refractivity contribution is 0.0696. The lowest BCUT2D eigenvalue weighted by Gasteiger charge is -2.13. The number of carbonyl (C=O) groups is 1. The summed E-state index contributed by atoms with van der Waals surface area (Å²) in [4.78, 5) is 10.8. The lowest BCUT2D eigenvalue weighted by Crippen LogP contribution is -2.11. The van der Waals surface area contributed by atoms with E-state index in [0.717, 1.165) is 12.1 Å². The highest BCUT2D eigenvalue weighted by Crippen LogP contribution is 2.38.